The first-order chi connectivity index (χ1) is 8.25. The molecule has 0 spiro atoms. The van der Waals surface area contributed by atoms with E-state index in [4.69, 9.17) is 0 Å². The van der Waals surface area contributed by atoms with Crippen LogP contribution in [0.2, 0.25) is 0 Å². The van der Waals surface area contributed by atoms with Crippen LogP contribution in [0.5, 0.6) is 0 Å². The summed E-state index contributed by atoms with van der Waals surface area (Å²) in [7, 11) is 0. The molecular formula is C14H20INO. The number of benzene rings is 1. The van der Waals surface area contributed by atoms with Gasteiger partial charge >= 0.3 is 0 Å². The van der Waals surface area contributed by atoms with Gasteiger partial charge in [-0.2, -0.15) is 0 Å². The molecule has 2 rings (SSSR count). The fourth-order valence-electron chi connectivity index (χ4n) is 2.48. The number of aliphatic hydroxyl groups is 1. The molecule has 17 heavy (non-hydrogen) atoms. The Bertz CT molecular complexity index is 356. The van der Waals surface area contributed by atoms with E-state index in [-0.39, 0.29) is 6.10 Å². The third-order valence-electron chi connectivity index (χ3n) is 3.49. The number of halogens is 1. The fourth-order valence-corrected chi connectivity index (χ4v) is 3.08. The quantitative estimate of drug-likeness (QED) is 0.823. The Balaban J connectivity index is 1.75. The molecule has 0 radical (unpaired) electrons. The minimum Gasteiger partial charge on any atom is -0.393 e. The van der Waals surface area contributed by atoms with Gasteiger partial charge in [-0.3, -0.25) is 0 Å². The lowest BCUT2D eigenvalue weighted by Crippen LogP contribution is -2.33. The normalized spacial score (nSPS) is 24.8. The molecule has 1 aliphatic rings. The standard InChI is InChI=1S/C14H20INO/c15-13-6-3-4-11(8-13)9-16-10-12-5-1-2-7-14(12)17/h3-4,6,8,12,14,16-17H,1-2,5,7,9-10H2. The van der Waals surface area contributed by atoms with Crippen LogP contribution >= 0.6 is 22.6 Å². The Labute approximate surface area is 117 Å². The zero-order valence-electron chi connectivity index (χ0n) is 10.0. The fraction of sp³-hybridized carbons (Fsp3) is 0.571. The molecule has 2 unspecified atom stereocenters. The molecule has 0 amide bonds. The number of nitrogens with one attached hydrogen (secondary N) is 1. The van der Waals surface area contributed by atoms with E-state index >= 15 is 0 Å². The lowest BCUT2D eigenvalue weighted by molar-refractivity contribution is 0.0695. The van der Waals surface area contributed by atoms with Gasteiger partial charge in [0.05, 0.1) is 6.10 Å². The molecule has 3 heteroatoms. The summed E-state index contributed by atoms with van der Waals surface area (Å²) in [5.74, 6) is 0.450. The third kappa shape index (κ3) is 4.23. The Morgan fingerprint density at radius 1 is 1.29 bits per heavy atom. The average Bonchev–Trinajstić information content (AvgIpc) is 2.32. The Morgan fingerprint density at radius 2 is 2.12 bits per heavy atom. The van der Waals surface area contributed by atoms with Crippen molar-refractivity contribution in [2.24, 2.45) is 5.92 Å². The summed E-state index contributed by atoms with van der Waals surface area (Å²) < 4.78 is 1.28. The van der Waals surface area contributed by atoms with E-state index in [9.17, 15) is 5.11 Å². The molecule has 1 saturated carbocycles. The van der Waals surface area contributed by atoms with Gasteiger partial charge < -0.3 is 10.4 Å². The first-order valence-corrected chi connectivity index (χ1v) is 7.47. The maximum absolute atomic E-state index is 9.87. The molecule has 0 bridgehead atoms. The predicted octanol–water partition coefficient (Wildman–Crippen LogP) is 2.93. The topological polar surface area (TPSA) is 32.3 Å². The van der Waals surface area contributed by atoms with Gasteiger partial charge in [0.15, 0.2) is 0 Å². The summed E-state index contributed by atoms with van der Waals surface area (Å²) in [6, 6.07) is 8.54. The van der Waals surface area contributed by atoms with Crippen molar-refractivity contribution in [1.82, 2.24) is 5.32 Å². The van der Waals surface area contributed by atoms with Crippen molar-refractivity contribution >= 4 is 22.6 Å². The van der Waals surface area contributed by atoms with E-state index < -0.39 is 0 Å². The molecule has 2 nitrogen and oxygen atoms in total. The van der Waals surface area contributed by atoms with Crippen molar-refractivity contribution in [3.8, 4) is 0 Å². The monoisotopic (exact) mass is 345 g/mol. The maximum atomic E-state index is 9.87. The molecule has 0 aromatic heterocycles. The zero-order valence-corrected chi connectivity index (χ0v) is 12.2. The summed E-state index contributed by atoms with van der Waals surface area (Å²) in [5.41, 5.74) is 1.32. The zero-order chi connectivity index (χ0) is 12.1. The van der Waals surface area contributed by atoms with Crippen molar-refractivity contribution in [1.29, 1.82) is 0 Å². The van der Waals surface area contributed by atoms with Crippen molar-refractivity contribution in [3.63, 3.8) is 0 Å². The van der Waals surface area contributed by atoms with Gasteiger partial charge in [0, 0.05) is 16.7 Å². The SMILES string of the molecule is OC1CCCCC1CNCc1cccc(I)c1. The van der Waals surface area contributed by atoms with Crippen LogP contribution in [-0.4, -0.2) is 17.8 Å². The van der Waals surface area contributed by atoms with E-state index in [1.54, 1.807) is 0 Å². The Hall–Kier alpha value is -0.130. The largest absolute Gasteiger partial charge is 0.393 e. The molecule has 0 aliphatic heterocycles. The van der Waals surface area contributed by atoms with E-state index in [1.807, 2.05) is 0 Å². The van der Waals surface area contributed by atoms with E-state index in [0.717, 1.165) is 19.5 Å². The van der Waals surface area contributed by atoms with Crippen LogP contribution < -0.4 is 5.32 Å². The van der Waals surface area contributed by atoms with E-state index in [1.165, 1.54) is 28.4 Å². The number of hydrogen-bond acceptors (Lipinski definition) is 2. The molecule has 94 valence electrons. The second kappa shape index (κ2) is 6.71. The van der Waals surface area contributed by atoms with Crippen LogP contribution in [-0.2, 0) is 6.54 Å². The second-order valence-electron chi connectivity index (χ2n) is 4.87. The van der Waals surface area contributed by atoms with Crippen molar-refractivity contribution < 1.29 is 5.11 Å². The lowest BCUT2D eigenvalue weighted by Gasteiger charge is -2.27. The van der Waals surface area contributed by atoms with Gasteiger partial charge in [-0.05, 0) is 59.0 Å². The summed E-state index contributed by atoms with van der Waals surface area (Å²) >= 11 is 2.34. The first-order valence-electron chi connectivity index (χ1n) is 6.39. The van der Waals surface area contributed by atoms with Gasteiger partial charge in [0.2, 0.25) is 0 Å². The van der Waals surface area contributed by atoms with E-state index in [2.05, 4.69) is 52.2 Å². The molecule has 1 fully saturated rings. The van der Waals surface area contributed by atoms with Crippen LogP contribution in [0, 0.1) is 9.49 Å². The highest BCUT2D eigenvalue weighted by atomic mass is 127. The molecule has 0 saturated heterocycles. The number of hydrogen-bond donors (Lipinski definition) is 2. The molecular weight excluding hydrogens is 325 g/mol. The van der Waals surface area contributed by atoms with Gasteiger partial charge in [-0.1, -0.05) is 25.0 Å². The highest BCUT2D eigenvalue weighted by Gasteiger charge is 2.22. The first kappa shape index (κ1) is 13.3. The highest BCUT2D eigenvalue weighted by Crippen LogP contribution is 2.23. The molecule has 1 aromatic carbocycles. The summed E-state index contributed by atoms with van der Waals surface area (Å²) in [5, 5.41) is 13.3. The van der Waals surface area contributed by atoms with Crippen LogP contribution in [0.4, 0.5) is 0 Å². The molecule has 1 aliphatic carbocycles. The van der Waals surface area contributed by atoms with Crippen LogP contribution in [0.25, 0.3) is 0 Å². The van der Waals surface area contributed by atoms with Gasteiger partial charge in [0.25, 0.3) is 0 Å². The predicted molar refractivity (Wildman–Crippen MR) is 78.8 cm³/mol. The maximum Gasteiger partial charge on any atom is 0.0580 e. The van der Waals surface area contributed by atoms with Gasteiger partial charge in [0.1, 0.15) is 0 Å². The highest BCUT2D eigenvalue weighted by molar-refractivity contribution is 14.1. The van der Waals surface area contributed by atoms with Gasteiger partial charge in [-0.15, -0.1) is 0 Å². The summed E-state index contributed by atoms with van der Waals surface area (Å²) in [4.78, 5) is 0. The third-order valence-corrected chi connectivity index (χ3v) is 4.16. The van der Waals surface area contributed by atoms with Crippen LogP contribution in [0.3, 0.4) is 0 Å². The van der Waals surface area contributed by atoms with Crippen molar-refractivity contribution in [2.45, 2.75) is 38.3 Å². The minimum absolute atomic E-state index is 0.0906. The number of rotatable bonds is 4. The van der Waals surface area contributed by atoms with Crippen molar-refractivity contribution in [2.75, 3.05) is 6.54 Å². The molecule has 2 atom stereocenters. The van der Waals surface area contributed by atoms with Crippen LogP contribution in [0.1, 0.15) is 31.2 Å². The number of aliphatic hydroxyl groups excluding tert-OH is 1. The molecule has 2 N–H and O–H groups in total. The van der Waals surface area contributed by atoms with Crippen molar-refractivity contribution in [3.05, 3.63) is 33.4 Å². The lowest BCUT2D eigenvalue weighted by atomic mass is 9.86. The minimum atomic E-state index is -0.0906. The average molecular weight is 345 g/mol. The summed E-state index contributed by atoms with van der Waals surface area (Å²) in [6.07, 6.45) is 4.52. The summed E-state index contributed by atoms with van der Waals surface area (Å²) in [6.45, 7) is 1.84. The van der Waals surface area contributed by atoms with Gasteiger partial charge in [-0.25, -0.2) is 0 Å². The molecule has 1 aromatic rings. The Kier molecular flexibility index (Phi) is 5.25. The smallest absolute Gasteiger partial charge is 0.0580 e. The molecule has 0 heterocycles. The van der Waals surface area contributed by atoms with Crippen LogP contribution in [0.15, 0.2) is 24.3 Å². The second-order valence-corrected chi connectivity index (χ2v) is 6.12. The Morgan fingerprint density at radius 3 is 2.88 bits per heavy atom. The van der Waals surface area contributed by atoms with E-state index in [0.29, 0.717) is 5.92 Å².